The molecular weight excluding hydrogens is 489 g/mol. The van der Waals surface area contributed by atoms with Gasteiger partial charge in [-0.25, -0.2) is 9.07 Å². The first-order valence-electron chi connectivity index (χ1n) is 12.3. The lowest BCUT2D eigenvalue weighted by atomic mass is 10.00. The molecule has 1 aromatic heterocycles. The van der Waals surface area contributed by atoms with Crippen molar-refractivity contribution in [2.45, 2.75) is 38.9 Å². The van der Waals surface area contributed by atoms with Crippen LogP contribution < -0.4 is 19.7 Å². The van der Waals surface area contributed by atoms with E-state index in [1.165, 1.54) is 27.8 Å². The third kappa shape index (κ3) is 5.15. The highest BCUT2D eigenvalue weighted by molar-refractivity contribution is 6.02. The molecule has 0 radical (unpaired) electrons. The molecule has 1 aliphatic rings. The fraction of sp³-hybridized carbons (Fsp3) is 0.286. The van der Waals surface area contributed by atoms with E-state index in [4.69, 9.17) is 9.47 Å². The van der Waals surface area contributed by atoms with Gasteiger partial charge in [-0.2, -0.15) is 0 Å². The number of halogens is 1. The van der Waals surface area contributed by atoms with Crippen LogP contribution in [0.25, 0.3) is 11.0 Å². The van der Waals surface area contributed by atoms with Gasteiger partial charge >= 0.3 is 0 Å². The fourth-order valence-electron chi connectivity index (χ4n) is 4.39. The predicted octanol–water partition coefficient (Wildman–Crippen LogP) is 4.03. The number of hydrogen-bond acceptors (Lipinski definition) is 6. The molecule has 0 spiro atoms. The van der Waals surface area contributed by atoms with Gasteiger partial charge in [0, 0.05) is 22.9 Å². The number of para-hydroxylation sites is 1. The van der Waals surface area contributed by atoms with Crippen LogP contribution in [-0.2, 0) is 16.1 Å². The first-order valence-corrected chi connectivity index (χ1v) is 12.3. The van der Waals surface area contributed by atoms with Gasteiger partial charge in [0.2, 0.25) is 11.8 Å². The summed E-state index contributed by atoms with van der Waals surface area (Å²) in [5.41, 5.74) is 1.05. The molecule has 4 aromatic rings. The molecule has 1 atom stereocenters. The van der Waals surface area contributed by atoms with Crippen molar-refractivity contribution in [3.05, 3.63) is 78.1 Å². The zero-order valence-electron chi connectivity index (χ0n) is 21.3. The smallest absolute Gasteiger partial charge is 0.249 e. The number of hydrogen-bond donors (Lipinski definition) is 1. The molecule has 0 unspecified atom stereocenters. The number of ether oxygens (including phenoxy) is 2. The minimum absolute atomic E-state index is 0.0564. The van der Waals surface area contributed by atoms with Crippen LogP contribution in [0.15, 0.2) is 66.7 Å². The van der Waals surface area contributed by atoms with Crippen LogP contribution in [0.2, 0.25) is 0 Å². The summed E-state index contributed by atoms with van der Waals surface area (Å²) in [5.74, 6) is -0.676. The van der Waals surface area contributed by atoms with Crippen molar-refractivity contribution >= 4 is 28.5 Å². The SMILES string of the molecule is CC(C)(C)NC(=O)[C@H](c1ccccc1F)N(C(=O)Cn1nnc2ccccc21)c1ccc2c(c1)OCCO2. The highest BCUT2D eigenvalue weighted by atomic mass is 19.1. The van der Waals surface area contributed by atoms with Gasteiger partial charge in [0.25, 0.3) is 0 Å². The number of benzene rings is 3. The molecule has 1 aliphatic heterocycles. The summed E-state index contributed by atoms with van der Waals surface area (Å²) >= 11 is 0. The molecule has 0 bridgehead atoms. The van der Waals surface area contributed by atoms with Crippen molar-refractivity contribution in [1.29, 1.82) is 0 Å². The molecule has 38 heavy (non-hydrogen) atoms. The van der Waals surface area contributed by atoms with Crippen molar-refractivity contribution in [2.75, 3.05) is 18.1 Å². The second-order valence-electron chi connectivity index (χ2n) is 9.99. The van der Waals surface area contributed by atoms with Crippen LogP contribution in [0.5, 0.6) is 11.5 Å². The average molecular weight is 518 g/mol. The molecule has 0 fully saturated rings. The van der Waals surface area contributed by atoms with Crippen LogP contribution in [0.1, 0.15) is 32.4 Å². The van der Waals surface area contributed by atoms with E-state index < -0.39 is 29.2 Å². The molecule has 0 saturated carbocycles. The molecule has 3 aromatic carbocycles. The van der Waals surface area contributed by atoms with E-state index in [-0.39, 0.29) is 12.1 Å². The van der Waals surface area contributed by atoms with Gasteiger partial charge in [0.15, 0.2) is 11.5 Å². The molecule has 2 heterocycles. The highest BCUT2D eigenvalue weighted by Crippen LogP contribution is 2.38. The predicted molar refractivity (Wildman–Crippen MR) is 139 cm³/mol. The van der Waals surface area contributed by atoms with Crippen molar-refractivity contribution in [3.8, 4) is 11.5 Å². The fourth-order valence-corrected chi connectivity index (χ4v) is 4.39. The Morgan fingerprint density at radius 2 is 1.74 bits per heavy atom. The molecule has 9 nitrogen and oxygen atoms in total. The first kappa shape index (κ1) is 25.2. The Hall–Kier alpha value is -4.47. The number of nitrogens with one attached hydrogen (secondary N) is 1. The Morgan fingerprint density at radius 3 is 2.50 bits per heavy atom. The molecule has 0 aliphatic carbocycles. The number of nitrogens with zero attached hydrogens (tertiary/aromatic N) is 4. The van der Waals surface area contributed by atoms with Crippen LogP contribution >= 0.6 is 0 Å². The average Bonchev–Trinajstić information content (AvgIpc) is 3.29. The van der Waals surface area contributed by atoms with Crippen molar-refractivity contribution in [2.24, 2.45) is 0 Å². The van der Waals surface area contributed by atoms with Crippen molar-refractivity contribution in [1.82, 2.24) is 20.3 Å². The van der Waals surface area contributed by atoms with Gasteiger partial charge in [0.05, 0.1) is 5.52 Å². The lowest BCUT2D eigenvalue weighted by Gasteiger charge is -2.34. The number of rotatable bonds is 6. The molecule has 1 N–H and O–H groups in total. The Morgan fingerprint density at radius 1 is 1.03 bits per heavy atom. The monoisotopic (exact) mass is 517 g/mol. The Balaban J connectivity index is 1.64. The summed E-state index contributed by atoms with van der Waals surface area (Å²) in [6.07, 6.45) is 0. The zero-order chi connectivity index (χ0) is 26.9. The molecule has 0 saturated heterocycles. The third-order valence-electron chi connectivity index (χ3n) is 5.98. The summed E-state index contributed by atoms with van der Waals surface area (Å²) < 4.78 is 28.1. The van der Waals surface area contributed by atoms with E-state index in [9.17, 15) is 9.59 Å². The topological polar surface area (TPSA) is 98.6 Å². The lowest BCUT2D eigenvalue weighted by Crippen LogP contribution is -2.50. The largest absolute Gasteiger partial charge is 0.486 e. The number of fused-ring (bicyclic) bond motifs is 2. The van der Waals surface area contributed by atoms with Gasteiger partial charge in [0.1, 0.15) is 37.1 Å². The quantitative estimate of drug-likeness (QED) is 0.415. The summed E-state index contributed by atoms with van der Waals surface area (Å²) in [4.78, 5) is 29.1. The van der Waals surface area contributed by atoms with Gasteiger partial charge < -0.3 is 14.8 Å². The maximum atomic E-state index is 15.2. The Kier molecular flexibility index (Phi) is 6.71. The van der Waals surface area contributed by atoms with Crippen LogP contribution in [0.3, 0.4) is 0 Å². The number of anilines is 1. The van der Waals surface area contributed by atoms with Gasteiger partial charge in [-0.05, 0) is 51.1 Å². The van der Waals surface area contributed by atoms with Crippen molar-refractivity contribution in [3.63, 3.8) is 0 Å². The van der Waals surface area contributed by atoms with E-state index >= 15 is 4.39 Å². The Bertz CT molecular complexity index is 1500. The van der Waals surface area contributed by atoms with E-state index in [2.05, 4.69) is 15.6 Å². The summed E-state index contributed by atoms with van der Waals surface area (Å²) in [5, 5.41) is 11.2. The van der Waals surface area contributed by atoms with Crippen LogP contribution in [0.4, 0.5) is 10.1 Å². The van der Waals surface area contributed by atoms with E-state index in [1.807, 2.05) is 32.9 Å². The van der Waals surface area contributed by atoms with E-state index in [0.29, 0.717) is 41.4 Å². The van der Waals surface area contributed by atoms with Gasteiger partial charge in [-0.1, -0.05) is 35.5 Å². The van der Waals surface area contributed by atoms with E-state index in [0.717, 1.165) is 0 Å². The summed E-state index contributed by atoms with van der Waals surface area (Å²) in [7, 11) is 0. The molecule has 2 amide bonds. The summed E-state index contributed by atoms with van der Waals surface area (Å²) in [6.45, 7) is 5.97. The number of carbonyl (C=O) groups excluding carboxylic acids is 2. The molecule has 196 valence electrons. The van der Waals surface area contributed by atoms with Crippen LogP contribution in [0, 0.1) is 5.82 Å². The second-order valence-corrected chi connectivity index (χ2v) is 9.99. The molecule has 10 heteroatoms. The van der Waals surface area contributed by atoms with Crippen LogP contribution in [-0.4, -0.2) is 45.6 Å². The minimum Gasteiger partial charge on any atom is -0.486 e. The third-order valence-corrected chi connectivity index (χ3v) is 5.98. The second kappa shape index (κ2) is 10.1. The Labute approximate surface area is 219 Å². The number of carbonyl (C=O) groups is 2. The highest BCUT2D eigenvalue weighted by Gasteiger charge is 2.37. The lowest BCUT2D eigenvalue weighted by molar-refractivity contribution is -0.128. The van der Waals surface area contributed by atoms with E-state index in [1.54, 1.807) is 36.4 Å². The number of amides is 2. The standard InChI is InChI=1S/C28H28FN5O4/c1-28(2,3)30-27(36)26(19-8-4-5-9-20(19)29)34(18-12-13-23-24(16-18)38-15-14-37-23)25(35)17-33-22-11-7-6-10-21(22)31-32-33/h4-13,16,26H,14-15,17H2,1-3H3,(H,30,36)/t26-/m0/s1. The molecular formula is C28H28FN5O4. The first-order chi connectivity index (χ1) is 18.2. The number of aromatic nitrogens is 3. The maximum Gasteiger partial charge on any atom is 0.249 e. The maximum absolute atomic E-state index is 15.2. The summed E-state index contributed by atoms with van der Waals surface area (Å²) in [6, 6.07) is 16.8. The van der Waals surface area contributed by atoms with Gasteiger partial charge in [-0.3, -0.25) is 14.5 Å². The normalized spacial score (nSPS) is 13.7. The minimum atomic E-state index is -1.32. The molecule has 5 rings (SSSR count). The van der Waals surface area contributed by atoms with Gasteiger partial charge in [-0.15, -0.1) is 5.10 Å². The zero-order valence-corrected chi connectivity index (χ0v) is 21.3. The van der Waals surface area contributed by atoms with Crippen molar-refractivity contribution < 1.29 is 23.5 Å².